The van der Waals surface area contributed by atoms with Gasteiger partial charge in [0.05, 0.1) is 81.1 Å². The lowest BCUT2D eigenvalue weighted by atomic mass is 9.72. The highest BCUT2D eigenvalue weighted by atomic mass is 19.1. The summed E-state index contributed by atoms with van der Waals surface area (Å²) in [5.74, 6) is -0.953. The number of aliphatic hydroxyl groups excluding tert-OH is 1. The Labute approximate surface area is 438 Å². The number of benzene rings is 3. The zero-order chi connectivity index (χ0) is 55.2. The zero-order valence-corrected chi connectivity index (χ0v) is 45.1. The van der Waals surface area contributed by atoms with Crippen LogP contribution >= 0.6 is 0 Å². The molecule has 3 saturated heterocycles. The highest BCUT2D eigenvalue weighted by molar-refractivity contribution is 6.01. The maximum atomic E-state index is 14.4. The third kappa shape index (κ3) is 19.8. The number of hydrogen-bond acceptors (Lipinski definition) is 11. The monoisotopic (exact) mass is 1040 g/mol. The molecule has 0 bridgehead atoms. The summed E-state index contributed by atoms with van der Waals surface area (Å²) in [7, 11) is 0. The SMILES string of the molecule is C=C[C@@H](CC)OCC(=NO)c1cccc(C)c1F.C=C[C@@H](CC)OCC(=O)N1CCOCC1.C=C[C@@H](CC)OCC(=O)c1cccc(C)c1F.C=C[C@H](O)CC.CC[C@H]1OC[C@]2(c3cccc(C)c3F)COC[C@H]12. The Morgan fingerprint density at radius 2 is 1.20 bits per heavy atom. The van der Waals surface area contributed by atoms with E-state index in [4.69, 9.17) is 38.7 Å². The van der Waals surface area contributed by atoms with E-state index in [0.29, 0.717) is 68.7 Å². The maximum Gasteiger partial charge on any atom is 0.248 e. The molecule has 6 rings (SSSR count). The summed E-state index contributed by atoms with van der Waals surface area (Å²) >= 11 is 0. The van der Waals surface area contributed by atoms with E-state index in [0.717, 1.165) is 37.7 Å². The molecular weight excluding hydrogens is 954 g/mol. The van der Waals surface area contributed by atoms with Gasteiger partial charge < -0.3 is 43.6 Å². The number of hydrogen-bond donors (Lipinski definition) is 2. The molecule has 3 aliphatic heterocycles. The zero-order valence-electron chi connectivity index (χ0n) is 45.1. The fourth-order valence-corrected chi connectivity index (χ4v) is 8.05. The van der Waals surface area contributed by atoms with Gasteiger partial charge in [-0.15, -0.1) is 26.3 Å². The molecule has 0 aromatic heterocycles. The Morgan fingerprint density at radius 1 is 0.703 bits per heavy atom. The van der Waals surface area contributed by atoms with Crippen LogP contribution in [0.25, 0.3) is 0 Å². The van der Waals surface area contributed by atoms with Crippen molar-refractivity contribution in [3.05, 3.63) is 156 Å². The average molecular weight is 1040 g/mol. The van der Waals surface area contributed by atoms with Crippen molar-refractivity contribution >= 4 is 17.4 Å². The third-order valence-electron chi connectivity index (χ3n) is 13.0. The molecule has 3 aliphatic rings. The van der Waals surface area contributed by atoms with Crippen LogP contribution in [-0.4, -0.2) is 129 Å². The molecule has 0 radical (unpaired) electrons. The van der Waals surface area contributed by atoms with Crippen molar-refractivity contribution in [1.29, 1.82) is 0 Å². The Kier molecular flexibility index (Phi) is 30.7. The van der Waals surface area contributed by atoms with Gasteiger partial charge in [-0.25, -0.2) is 13.2 Å². The molecule has 1 amide bonds. The summed E-state index contributed by atoms with van der Waals surface area (Å²) in [5, 5.41) is 20.6. The number of morpholine rings is 1. The van der Waals surface area contributed by atoms with Crippen LogP contribution in [0.4, 0.5) is 13.2 Å². The van der Waals surface area contributed by atoms with Gasteiger partial charge in [-0.3, -0.25) is 9.59 Å². The number of aryl methyl sites for hydroxylation is 3. The smallest absolute Gasteiger partial charge is 0.248 e. The number of halogens is 3. The minimum Gasteiger partial charge on any atom is -0.411 e. The molecule has 3 aromatic rings. The number of oxime groups is 1. The van der Waals surface area contributed by atoms with E-state index >= 15 is 0 Å². The van der Waals surface area contributed by atoms with E-state index in [2.05, 4.69) is 38.4 Å². The molecule has 2 N–H and O–H groups in total. The Morgan fingerprint density at radius 3 is 1.69 bits per heavy atom. The van der Waals surface area contributed by atoms with Crippen molar-refractivity contribution in [2.45, 2.75) is 123 Å². The Balaban J connectivity index is 0.000000326. The van der Waals surface area contributed by atoms with Gasteiger partial charge in [0.2, 0.25) is 5.91 Å². The van der Waals surface area contributed by atoms with Gasteiger partial charge >= 0.3 is 0 Å². The second-order valence-corrected chi connectivity index (χ2v) is 18.0. The number of carbonyl (C=O) groups is 2. The molecule has 0 spiro atoms. The van der Waals surface area contributed by atoms with Crippen LogP contribution < -0.4 is 0 Å². The van der Waals surface area contributed by atoms with E-state index in [9.17, 15) is 22.8 Å². The molecule has 12 nitrogen and oxygen atoms in total. The van der Waals surface area contributed by atoms with E-state index in [1.165, 1.54) is 12.1 Å². The van der Waals surface area contributed by atoms with Crippen molar-refractivity contribution in [3.8, 4) is 0 Å². The van der Waals surface area contributed by atoms with E-state index in [1.54, 1.807) is 67.3 Å². The fourth-order valence-electron chi connectivity index (χ4n) is 8.05. The number of carbonyl (C=O) groups excluding carboxylic acids is 2. The molecule has 3 heterocycles. The molecule has 7 atom stereocenters. The number of ketones is 1. The minimum absolute atomic E-state index is 0.0185. The molecule has 0 saturated carbocycles. The van der Waals surface area contributed by atoms with Gasteiger partial charge in [0, 0.05) is 24.6 Å². The van der Waals surface area contributed by atoms with Gasteiger partial charge in [0.25, 0.3) is 0 Å². The number of fused-ring (bicyclic) bond motifs is 1. The van der Waals surface area contributed by atoms with Gasteiger partial charge in [-0.1, -0.05) is 107 Å². The van der Waals surface area contributed by atoms with Crippen molar-refractivity contribution in [2.75, 3.05) is 65.9 Å². The Bertz CT molecular complexity index is 2230. The second-order valence-electron chi connectivity index (χ2n) is 18.0. The molecule has 3 aromatic carbocycles. The van der Waals surface area contributed by atoms with E-state index < -0.39 is 5.82 Å². The number of amides is 1. The first-order valence-corrected chi connectivity index (χ1v) is 25.6. The van der Waals surface area contributed by atoms with Crippen molar-refractivity contribution < 1.29 is 61.5 Å². The highest BCUT2D eigenvalue weighted by Crippen LogP contribution is 2.47. The summed E-state index contributed by atoms with van der Waals surface area (Å²) in [6, 6.07) is 15.3. The summed E-state index contributed by atoms with van der Waals surface area (Å²) in [5.41, 5.74) is 2.71. The average Bonchev–Trinajstić information content (AvgIpc) is 4.01. The Hall–Kier alpha value is -5.26. The largest absolute Gasteiger partial charge is 0.411 e. The van der Waals surface area contributed by atoms with E-state index in [1.807, 2.05) is 52.8 Å². The van der Waals surface area contributed by atoms with Crippen LogP contribution in [0.2, 0.25) is 0 Å². The molecular formula is C59H83F3N2O10. The molecule has 74 heavy (non-hydrogen) atoms. The third-order valence-corrected chi connectivity index (χ3v) is 13.0. The lowest BCUT2D eigenvalue weighted by molar-refractivity contribution is -0.141. The van der Waals surface area contributed by atoms with Gasteiger partial charge in [0.15, 0.2) is 5.78 Å². The van der Waals surface area contributed by atoms with Crippen LogP contribution in [0.5, 0.6) is 0 Å². The van der Waals surface area contributed by atoms with Crippen LogP contribution in [0, 0.1) is 44.1 Å². The first kappa shape index (κ1) is 64.9. The predicted octanol–water partition coefficient (Wildman–Crippen LogP) is 11.2. The molecule has 0 unspecified atom stereocenters. The number of ether oxygens (including phenoxy) is 6. The number of rotatable bonds is 21. The quantitative estimate of drug-likeness (QED) is 0.0348. The lowest BCUT2D eigenvalue weighted by Gasteiger charge is -2.28. The van der Waals surface area contributed by atoms with E-state index in [-0.39, 0.29) is 95.9 Å². The fraction of sp³-hybridized carbons (Fsp3) is 0.508. The van der Waals surface area contributed by atoms with Gasteiger partial charge in [-0.05, 0) is 87.3 Å². The van der Waals surface area contributed by atoms with Crippen molar-refractivity contribution in [2.24, 2.45) is 11.1 Å². The summed E-state index contributed by atoms with van der Waals surface area (Å²) in [6.07, 6.45) is 10.2. The summed E-state index contributed by atoms with van der Waals surface area (Å²) < 4.78 is 74.8. The molecule has 0 aliphatic carbocycles. The number of aliphatic hydroxyl groups is 1. The summed E-state index contributed by atoms with van der Waals surface area (Å²) in [4.78, 5) is 25.2. The summed E-state index contributed by atoms with van der Waals surface area (Å²) in [6.45, 7) is 33.8. The van der Waals surface area contributed by atoms with Crippen molar-refractivity contribution in [3.63, 3.8) is 0 Å². The molecule has 410 valence electrons. The van der Waals surface area contributed by atoms with Crippen LogP contribution in [0.1, 0.15) is 105 Å². The first-order valence-electron chi connectivity index (χ1n) is 25.6. The second kappa shape index (κ2) is 35.1. The normalized spacial score (nSPS) is 19.4. The maximum absolute atomic E-state index is 14.4. The standard InChI is InChI=1S/C15H19FO2.C14H18FNO2.C14H17FO2.C11H19NO3.C5H10O/c1-3-13-12-7-17-8-15(12,9-18-13)11-6-4-5-10(2)14(11)16;1-4-11(5-2)18-9-13(16-17)12-8-6-7-10(3)14(12)15;1-4-11(5-2)17-9-13(16)12-8-6-7-10(3)14(12)15;1-3-10(4-2)15-9-11(13)12-5-7-14-8-6-12;1-3-5(6)4-2/h4-6,12-13H,3,7-9H2,1-2H3;4,6-8,11,17H,1,5,9H2,2-3H3;4,6-8,11H,1,5,9H2,2-3H3;3,10H,1,4-9H2,2H3;3,5-6H,1,4H2,2H3/t12-,13-,15+;2*11-;10-;5-/m10000/s1. The molecule has 15 heteroatoms. The van der Waals surface area contributed by atoms with Crippen LogP contribution in [0.3, 0.4) is 0 Å². The van der Waals surface area contributed by atoms with Crippen LogP contribution in [0.15, 0.2) is 110 Å². The van der Waals surface area contributed by atoms with Gasteiger partial charge in [-0.2, -0.15) is 0 Å². The van der Waals surface area contributed by atoms with Crippen molar-refractivity contribution in [1.82, 2.24) is 4.90 Å². The van der Waals surface area contributed by atoms with Gasteiger partial charge in [0.1, 0.15) is 36.4 Å². The lowest BCUT2D eigenvalue weighted by Crippen LogP contribution is -2.42. The minimum atomic E-state index is -0.465. The number of Topliss-reactive ketones (excluding diaryl/α,β-unsaturated/α-hetero) is 1. The first-order chi connectivity index (χ1) is 35.5. The van der Waals surface area contributed by atoms with Crippen LogP contribution in [-0.2, 0) is 38.6 Å². The predicted molar refractivity (Wildman–Crippen MR) is 287 cm³/mol. The number of nitrogens with zero attached hydrogens (tertiary/aromatic N) is 2. The molecule has 3 fully saturated rings. The highest BCUT2D eigenvalue weighted by Gasteiger charge is 2.55. The topological polar surface area (TPSA) is 146 Å².